The predicted octanol–water partition coefficient (Wildman–Crippen LogP) is 4.73. The summed E-state index contributed by atoms with van der Waals surface area (Å²) >= 11 is 6.28. The molecule has 2 aromatic heterocycles. The van der Waals surface area contributed by atoms with Crippen LogP contribution in [0.4, 0.5) is 0 Å². The lowest BCUT2D eigenvalue weighted by molar-refractivity contribution is 1.13. The van der Waals surface area contributed by atoms with Crippen LogP contribution in [0.3, 0.4) is 0 Å². The Morgan fingerprint density at radius 3 is 2.52 bits per heavy atom. The molecule has 0 aliphatic rings. The van der Waals surface area contributed by atoms with Gasteiger partial charge in [0.25, 0.3) is 0 Å². The molecule has 102 valence electrons. The summed E-state index contributed by atoms with van der Waals surface area (Å²) in [6.45, 7) is 0. The van der Waals surface area contributed by atoms with E-state index in [1.54, 1.807) is 0 Å². The van der Waals surface area contributed by atoms with E-state index in [9.17, 15) is 0 Å². The van der Waals surface area contributed by atoms with Crippen molar-refractivity contribution in [3.63, 3.8) is 0 Å². The Kier molecular flexibility index (Phi) is 2.90. The zero-order chi connectivity index (χ0) is 14.2. The van der Waals surface area contributed by atoms with E-state index < -0.39 is 0 Å². The first-order valence-electron chi connectivity index (χ1n) is 6.91. The molecule has 0 aliphatic heterocycles. The van der Waals surface area contributed by atoms with Crippen LogP contribution in [0.15, 0.2) is 66.9 Å². The molecule has 0 spiro atoms. The molecule has 0 bridgehead atoms. The van der Waals surface area contributed by atoms with Crippen molar-refractivity contribution in [2.24, 2.45) is 0 Å². The lowest BCUT2D eigenvalue weighted by Crippen LogP contribution is -1.94. The van der Waals surface area contributed by atoms with Crippen molar-refractivity contribution < 1.29 is 0 Å². The van der Waals surface area contributed by atoms with Gasteiger partial charge in [-0.2, -0.15) is 0 Å². The van der Waals surface area contributed by atoms with Crippen LogP contribution >= 0.6 is 11.6 Å². The molecule has 0 saturated heterocycles. The average Bonchev–Trinajstić information content (AvgIpc) is 2.89. The molecule has 2 aromatic carbocycles. The van der Waals surface area contributed by atoms with Crippen molar-refractivity contribution >= 4 is 28.3 Å². The highest BCUT2D eigenvalue weighted by Gasteiger charge is 2.09. The molecule has 4 aromatic rings. The molecule has 0 N–H and O–H groups in total. The second-order valence-corrected chi connectivity index (χ2v) is 5.50. The Balaban J connectivity index is 1.91. The maximum atomic E-state index is 6.28. The Labute approximate surface area is 127 Å². The van der Waals surface area contributed by atoms with Crippen LogP contribution in [0.1, 0.15) is 11.1 Å². The van der Waals surface area contributed by atoms with E-state index in [2.05, 4.69) is 34.9 Å². The van der Waals surface area contributed by atoms with Crippen molar-refractivity contribution in [1.82, 2.24) is 9.38 Å². The second kappa shape index (κ2) is 4.90. The van der Waals surface area contributed by atoms with E-state index in [1.807, 2.05) is 36.4 Å². The summed E-state index contributed by atoms with van der Waals surface area (Å²) in [4.78, 5) is 4.76. The minimum Gasteiger partial charge on any atom is -0.299 e. The third kappa shape index (κ3) is 2.08. The van der Waals surface area contributed by atoms with Gasteiger partial charge in [0.05, 0.1) is 11.0 Å². The number of rotatable bonds is 2. The van der Waals surface area contributed by atoms with Crippen molar-refractivity contribution in [3.8, 4) is 0 Å². The molecule has 0 radical (unpaired) electrons. The first-order chi connectivity index (χ1) is 10.3. The smallest absolute Gasteiger partial charge is 0.141 e. The summed E-state index contributed by atoms with van der Waals surface area (Å²) < 4.78 is 2.14. The summed E-state index contributed by atoms with van der Waals surface area (Å²) in [5.74, 6) is 0. The zero-order valence-electron chi connectivity index (χ0n) is 11.3. The molecular formula is C18H13ClN2. The lowest BCUT2D eigenvalue weighted by atomic mass is 10.1. The van der Waals surface area contributed by atoms with Crippen LogP contribution in [0, 0.1) is 0 Å². The lowest BCUT2D eigenvalue weighted by Gasteiger charge is -2.06. The van der Waals surface area contributed by atoms with Gasteiger partial charge < -0.3 is 0 Å². The Hall–Kier alpha value is -2.32. The summed E-state index contributed by atoms with van der Waals surface area (Å²) in [5.41, 5.74) is 5.46. The first kappa shape index (κ1) is 12.4. The van der Waals surface area contributed by atoms with Gasteiger partial charge in [0, 0.05) is 17.6 Å². The normalized spacial score (nSPS) is 11.3. The fraction of sp³-hybridized carbons (Fsp3) is 0.0556. The number of nitrogens with zero attached hydrogens (tertiary/aromatic N) is 2. The van der Waals surface area contributed by atoms with E-state index in [0.29, 0.717) is 0 Å². The van der Waals surface area contributed by atoms with Crippen LogP contribution in [-0.4, -0.2) is 9.38 Å². The molecule has 2 nitrogen and oxygen atoms in total. The fourth-order valence-electron chi connectivity index (χ4n) is 2.73. The summed E-state index contributed by atoms with van der Waals surface area (Å²) in [6, 6.07) is 20.3. The number of hydrogen-bond donors (Lipinski definition) is 0. The van der Waals surface area contributed by atoms with Gasteiger partial charge in [0.2, 0.25) is 0 Å². The number of pyridine rings is 1. The molecule has 0 saturated carbocycles. The highest BCUT2D eigenvalue weighted by Crippen LogP contribution is 2.23. The van der Waals surface area contributed by atoms with Crippen LogP contribution < -0.4 is 0 Å². The molecule has 2 heterocycles. The van der Waals surface area contributed by atoms with Gasteiger partial charge >= 0.3 is 0 Å². The van der Waals surface area contributed by atoms with Crippen molar-refractivity contribution in [1.29, 1.82) is 0 Å². The largest absolute Gasteiger partial charge is 0.299 e. The van der Waals surface area contributed by atoms with E-state index >= 15 is 0 Å². The van der Waals surface area contributed by atoms with Crippen molar-refractivity contribution in [3.05, 3.63) is 83.0 Å². The summed E-state index contributed by atoms with van der Waals surface area (Å²) in [6.07, 6.45) is 2.84. The topological polar surface area (TPSA) is 17.3 Å². The molecule has 21 heavy (non-hydrogen) atoms. The van der Waals surface area contributed by atoms with E-state index in [1.165, 1.54) is 5.56 Å². The monoisotopic (exact) mass is 292 g/mol. The minimum absolute atomic E-state index is 0.785. The fourth-order valence-corrected chi connectivity index (χ4v) is 2.93. The van der Waals surface area contributed by atoms with E-state index in [0.717, 1.165) is 33.7 Å². The van der Waals surface area contributed by atoms with Crippen LogP contribution in [-0.2, 0) is 6.42 Å². The maximum absolute atomic E-state index is 6.28. The summed E-state index contributed by atoms with van der Waals surface area (Å²) in [5, 5.41) is 0.801. The third-order valence-corrected chi connectivity index (χ3v) is 4.12. The van der Waals surface area contributed by atoms with E-state index in [4.69, 9.17) is 16.6 Å². The molecule has 0 unspecified atom stereocenters. The molecule has 3 heteroatoms. The summed E-state index contributed by atoms with van der Waals surface area (Å²) in [7, 11) is 0. The number of halogens is 1. The quantitative estimate of drug-likeness (QED) is 0.522. The predicted molar refractivity (Wildman–Crippen MR) is 87.0 cm³/mol. The van der Waals surface area contributed by atoms with Gasteiger partial charge in [0.15, 0.2) is 0 Å². The average molecular weight is 293 g/mol. The van der Waals surface area contributed by atoms with Gasteiger partial charge in [-0.25, -0.2) is 4.98 Å². The van der Waals surface area contributed by atoms with Gasteiger partial charge in [-0.1, -0.05) is 48.0 Å². The Bertz CT molecular complexity index is 940. The first-order valence-corrected chi connectivity index (χ1v) is 7.29. The standard InChI is InChI=1S/C18H13ClN2/c19-15-8-2-1-6-13(15)12-14-7-5-11-21-17-10-4-3-9-16(17)20-18(14)21/h1-11H,12H2. The van der Waals surface area contributed by atoms with E-state index in [-0.39, 0.29) is 0 Å². The second-order valence-electron chi connectivity index (χ2n) is 5.10. The van der Waals surface area contributed by atoms with Crippen LogP contribution in [0.25, 0.3) is 16.7 Å². The molecular weight excluding hydrogens is 280 g/mol. The minimum atomic E-state index is 0.785. The molecule has 4 rings (SSSR count). The highest BCUT2D eigenvalue weighted by atomic mass is 35.5. The molecule has 0 fully saturated rings. The van der Waals surface area contributed by atoms with Gasteiger partial charge in [-0.3, -0.25) is 4.40 Å². The third-order valence-electron chi connectivity index (χ3n) is 3.75. The van der Waals surface area contributed by atoms with Crippen LogP contribution in [0.5, 0.6) is 0 Å². The molecule has 0 atom stereocenters. The number of aromatic nitrogens is 2. The number of fused-ring (bicyclic) bond motifs is 3. The highest BCUT2D eigenvalue weighted by molar-refractivity contribution is 6.31. The number of hydrogen-bond acceptors (Lipinski definition) is 1. The Morgan fingerprint density at radius 1 is 0.857 bits per heavy atom. The molecule has 0 aliphatic carbocycles. The zero-order valence-corrected chi connectivity index (χ0v) is 12.1. The Morgan fingerprint density at radius 2 is 1.62 bits per heavy atom. The van der Waals surface area contributed by atoms with Crippen LogP contribution in [0.2, 0.25) is 5.02 Å². The van der Waals surface area contributed by atoms with Gasteiger partial charge in [0.1, 0.15) is 5.65 Å². The van der Waals surface area contributed by atoms with Gasteiger partial charge in [-0.15, -0.1) is 0 Å². The number of benzene rings is 2. The SMILES string of the molecule is Clc1ccccc1Cc1cccn2c1nc1ccccc12. The number of imidazole rings is 1. The van der Waals surface area contributed by atoms with Crippen molar-refractivity contribution in [2.75, 3.05) is 0 Å². The number of para-hydroxylation sites is 2. The van der Waals surface area contributed by atoms with Crippen molar-refractivity contribution in [2.45, 2.75) is 6.42 Å². The maximum Gasteiger partial charge on any atom is 0.141 e. The van der Waals surface area contributed by atoms with Gasteiger partial charge in [-0.05, 0) is 35.4 Å². The molecule has 0 amide bonds.